The molecule has 1 amide bonds. The van der Waals surface area contributed by atoms with Gasteiger partial charge in [-0.3, -0.25) is 4.79 Å². The maximum atomic E-state index is 11.2. The monoisotopic (exact) mass is 165 g/mol. The summed E-state index contributed by atoms with van der Waals surface area (Å²) in [6.07, 6.45) is -0.515. The van der Waals surface area contributed by atoms with Gasteiger partial charge in [-0.15, -0.1) is 5.11 Å². The molecule has 0 aromatic rings. The number of azo groups is 1. The average Bonchev–Trinajstić information content (AvgIpc) is 2.31. The van der Waals surface area contributed by atoms with E-state index in [2.05, 4.69) is 20.5 Å². The molecule has 1 atom stereocenters. The highest BCUT2D eigenvalue weighted by atomic mass is 16.2. The van der Waals surface area contributed by atoms with Crippen molar-refractivity contribution in [1.82, 2.24) is 5.32 Å². The SMILES string of the molecule is CC1=NC2N=NC(N)=C2C(=O)N1. The van der Waals surface area contributed by atoms with Crippen molar-refractivity contribution >= 4 is 11.7 Å². The van der Waals surface area contributed by atoms with Gasteiger partial charge in [0.25, 0.3) is 5.91 Å². The summed E-state index contributed by atoms with van der Waals surface area (Å²) in [5, 5.41) is 9.83. The van der Waals surface area contributed by atoms with Gasteiger partial charge in [-0.1, -0.05) is 0 Å². The third-order valence-corrected chi connectivity index (χ3v) is 1.66. The molecule has 0 saturated heterocycles. The molecule has 6 nitrogen and oxygen atoms in total. The Morgan fingerprint density at radius 3 is 3.08 bits per heavy atom. The summed E-state index contributed by atoms with van der Waals surface area (Å²) in [4.78, 5) is 15.3. The van der Waals surface area contributed by atoms with Crippen LogP contribution in [0.25, 0.3) is 0 Å². The van der Waals surface area contributed by atoms with E-state index in [4.69, 9.17) is 5.73 Å². The molecule has 1 unspecified atom stereocenters. The molecule has 2 aliphatic rings. The van der Waals surface area contributed by atoms with Crippen LogP contribution in [0.2, 0.25) is 0 Å². The standard InChI is InChI=1S/C6H7N5O/c1-2-8-5-3(6(12)9-2)4(7)10-11-5/h5H,7H2,1H3,(H,8,9,12). The first-order valence-electron chi connectivity index (χ1n) is 3.45. The molecule has 0 bridgehead atoms. The Balaban J connectivity index is 2.48. The van der Waals surface area contributed by atoms with Crippen molar-refractivity contribution in [1.29, 1.82) is 0 Å². The molecule has 3 N–H and O–H groups in total. The summed E-state index contributed by atoms with van der Waals surface area (Å²) in [5.74, 6) is 0.450. The van der Waals surface area contributed by atoms with Gasteiger partial charge in [0.05, 0.1) is 0 Å². The Morgan fingerprint density at radius 2 is 2.33 bits per heavy atom. The van der Waals surface area contributed by atoms with E-state index >= 15 is 0 Å². The maximum Gasteiger partial charge on any atom is 0.260 e. The van der Waals surface area contributed by atoms with Gasteiger partial charge in [-0.2, -0.15) is 5.11 Å². The van der Waals surface area contributed by atoms with Crippen LogP contribution in [0, 0.1) is 0 Å². The fourth-order valence-electron chi connectivity index (χ4n) is 1.13. The van der Waals surface area contributed by atoms with Crippen molar-refractivity contribution in [3.63, 3.8) is 0 Å². The molecule has 0 radical (unpaired) electrons. The number of amidine groups is 1. The Kier molecular flexibility index (Phi) is 1.24. The molecule has 0 aliphatic carbocycles. The number of nitrogens with zero attached hydrogens (tertiary/aromatic N) is 3. The van der Waals surface area contributed by atoms with Crippen molar-refractivity contribution in [2.24, 2.45) is 21.0 Å². The number of nitrogens with one attached hydrogen (secondary N) is 1. The van der Waals surface area contributed by atoms with Crippen LogP contribution >= 0.6 is 0 Å². The van der Waals surface area contributed by atoms with E-state index in [0.717, 1.165) is 0 Å². The summed E-state index contributed by atoms with van der Waals surface area (Å²) in [7, 11) is 0. The van der Waals surface area contributed by atoms with Crippen LogP contribution in [0.15, 0.2) is 26.6 Å². The van der Waals surface area contributed by atoms with Crippen LogP contribution in [0.3, 0.4) is 0 Å². The fraction of sp³-hybridized carbons (Fsp3) is 0.333. The van der Waals surface area contributed by atoms with Crippen molar-refractivity contribution in [3.8, 4) is 0 Å². The molecular weight excluding hydrogens is 158 g/mol. The number of hydrogen-bond donors (Lipinski definition) is 2. The zero-order chi connectivity index (χ0) is 8.72. The largest absolute Gasteiger partial charge is 0.382 e. The molecule has 0 fully saturated rings. The maximum absolute atomic E-state index is 11.2. The zero-order valence-electron chi connectivity index (χ0n) is 6.40. The number of fused-ring (bicyclic) bond motifs is 1. The Hall–Kier alpha value is -1.72. The molecule has 12 heavy (non-hydrogen) atoms. The van der Waals surface area contributed by atoms with Gasteiger partial charge >= 0.3 is 0 Å². The second-order valence-corrected chi connectivity index (χ2v) is 2.56. The first-order valence-corrected chi connectivity index (χ1v) is 3.45. The first-order chi connectivity index (χ1) is 5.68. The molecular formula is C6H7N5O. The first kappa shape index (κ1) is 6.96. The summed E-state index contributed by atoms with van der Waals surface area (Å²) in [5.41, 5.74) is 5.76. The highest BCUT2D eigenvalue weighted by molar-refractivity contribution is 6.08. The Labute approximate surface area is 68.3 Å². The highest BCUT2D eigenvalue weighted by Crippen LogP contribution is 2.22. The number of aliphatic imine (C=N–C) groups is 1. The third kappa shape index (κ3) is 0.810. The summed E-state index contributed by atoms with van der Waals surface area (Å²) in [6.45, 7) is 1.69. The van der Waals surface area contributed by atoms with Gasteiger partial charge in [0.15, 0.2) is 12.0 Å². The lowest BCUT2D eigenvalue weighted by atomic mass is 10.2. The van der Waals surface area contributed by atoms with Gasteiger partial charge in [0.1, 0.15) is 11.4 Å². The topological polar surface area (TPSA) is 92.2 Å². The lowest BCUT2D eigenvalue weighted by Gasteiger charge is -2.14. The molecule has 0 saturated carbocycles. The van der Waals surface area contributed by atoms with E-state index in [0.29, 0.717) is 11.4 Å². The predicted octanol–water partition coefficient (Wildman–Crippen LogP) is -0.503. The number of carbonyl (C=O) groups is 1. The molecule has 0 aromatic heterocycles. The fourth-order valence-corrected chi connectivity index (χ4v) is 1.13. The van der Waals surface area contributed by atoms with Crippen molar-refractivity contribution in [3.05, 3.63) is 11.4 Å². The number of hydrogen-bond acceptors (Lipinski definition) is 5. The van der Waals surface area contributed by atoms with Gasteiger partial charge in [0, 0.05) is 0 Å². The van der Waals surface area contributed by atoms with E-state index in [9.17, 15) is 4.79 Å². The van der Waals surface area contributed by atoms with Gasteiger partial charge in [-0.25, -0.2) is 4.99 Å². The second-order valence-electron chi connectivity index (χ2n) is 2.56. The minimum Gasteiger partial charge on any atom is -0.382 e. The average molecular weight is 165 g/mol. The summed E-state index contributed by atoms with van der Waals surface area (Å²) < 4.78 is 0. The minimum absolute atomic E-state index is 0.161. The number of nitrogens with two attached hydrogens (primary N) is 1. The zero-order valence-corrected chi connectivity index (χ0v) is 6.40. The van der Waals surface area contributed by atoms with Crippen molar-refractivity contribution in [2.45, 2.75) is 13.1 Å². The molecule has 0 aromatic carbocycles. The van der Waals surface area contributed by atoms with Gasteiger partial charge in [0.2, 0.25) is 0 Å². The Bertz CT molecular complexity index is 340. The lowest BCUT2D eigenvalue weighted by molar-refractivity contribution is -0.116. The summed E-state index contributed by atoms with van der Waals surface area (Å²) >= 11 is 0. The molecule has 62 valence electrons. The number of carbonyl (C=O) groups excluding carboxylic acids is 1. The summed E-state index contributed by atoms with van der Waals surface area (Å²) in [6, 6.07) is 0. The lowest BCUT2D eigenvalue weighted by Crippen LogP contribution is -2.38. The number of amides is 1. The van der Waals surface area contributed by atoms with E-state index < -0.39 is 6.17 Å². The molecule has 2 aliphatic heterocycles. The van der Waals surface area contributed by atoms with Crippen LogP contribution in [0.5, 0.6) is 0 Å². The van der Waals surface area contributed by atoms with Crippen LogP contribution in [-0.2, 0) is 4.79 Å². The molecule has 6 heteroatoms. The van der Waals surface area contributed by atoms with Crippen LogP contribution < -0.4 is 11.1 Å². The van der Waals surface area contributed by atoms with E-state index in [-0.39, 0.29) is 11.7 Å². The van der Waals surface area contributed by atoms with Gasteiger partial charge in [-0.05, 0) is 6.92 Å². The van der Waals surface area contributed by atoms with E-state index in [1.165, 1.54) is 0 Å². The normalized spacial score (nSPS) is 26.9. The van der Waals surface area contributed by atoms with Crippen molar-refractivity contribution in [2.75, 3.05) is 0 Å². The van der Waals surface area contributed by atoms with Gasteiger partial charge < -0.3 is 11.1 Å². The second kappa shape index (κ2) is 2.13. The highest BCUT2D eigenvalue weighted by Gasteiger charge is 2.31. The quantitative estimate of drug-likeness (QED) is 0.506. The molecule has 2 rings (SSSR count). The molecule has 2 heterocycles. The van der Waals surface area contributed by atoms with E-state index in [1.807, 2.05) is 0 Å². The number of rotatable bonds is 0. The third-order valence-electron chi connectivity index (χ3n) is 1.66. The van der Waals surface area contributed by atoms with Crippen molar-refractivity contribution < 1.29 is 4.79 Å². The van der Waals surface area contributed by atoms with E-state index in [1.54, 1.807) is 6.92 Å². The Morgan fingerprint density at radius 1 is 1.58 bits per heavy atom. The predicted molar refractivity (Wildman–Crippen MR) is 41.1 cm³/mol. The smallest absolute Gasteiger partial charge is 0.260 e. The van der Waals surface area contributed by atoms with Crippen LogP contribution in [0.1, 0.15) is 6.92 Å². The van der Waals surface area contributed by atoms with Crippen LogP contribution in [0.4, 0.5) is 0 Å². The minimum atomic E-state index is -0.515. The van der Waals surface area contributed by atoms with Crippen LogP contribution in [-0.4, -0.2) is 17.9 Å². The molecule has 0 spiro atoms.